The Morgan fingerprint density at radius 3 is 2.54 bits per heavy atom. The lowest BCUT2D eigenvalue weighted by molar-refractivity contribution is 1.12. The van der Waals surface area contributed by atoms with Gasteiger partial charge in [-0.2, -0.15) is 5.10 Å². The Bertz CT molecular complexity index is 1000. The lowest BCUT2D eigenvalue weighted by Gasteiger charge is -2.11. The average Bonchev–Trinajstić information content (AvgIpc) is 3.00. The van der Waals surface area contributed by atoms with Gasteiger partial charge in [-0.3, -0.25) is 5.10 Å². The first kappa shape index (κ1) is 14.3. The number of nitrogens with one attached hydrogen (secondary N) is 2. The number of para-hydroxylation sites is 1. The molecule has 118 valence electrons. The average molecular weight is 315 g/mol. The molecule has 4 rings (SSSR count). The molecule has 0 amide bonds. The highest BCUT2D eigenvalue weighted by Crippen LogP contribution is 2.34. The largest absolute Gasteiger partial charge is 0.382 e. The smallest absolute Gasteiger partial charge is 0.156 e. The van der Waals surface area contributed by atoms with Crippen molar-refractivity contribution in [3.63, 3.8) is 0 Å². The molecule has 4 aromatic rings. The summed E-state index contributed by atoms with van der Waals surface area (Å²) in [5.41, 5.74) is 11.1. The van der Waals surface area contributed by atoms with Crippen molar-refractivity contribution < 1.29 is 0 Å². The van der Waals surface area contributed by atoms with Crippen LogP contribution in [0, 0.1) is 6.92 Å². The number of nitrogens with zero attached hydrogens (tertiary/aromatic N) is 2. The van der Waals surface area contributed by atoms with Gasteiger partial charge in [-0.05, 0) is 24.1 Å². The van der Waals surface area contributed by atoms with Gasteiger partial charge in [0.25, 0.3) is 0 Å². The monoisotopic (exact) mass is 315 g/mol. The molecule has 0 radical (unpaired) electrons. The summed E-state index contributed by atoms with van der Waals surface area (Å²) in [6, 6.07) is 18.1. The molecule has 24 heavy (non-hydrogen) atoms. The molecule has 0 unspecified atom stereocenters. The van der Waals surface area contributed by atoms with Gasteiger partial charge in [-0.25, -0.2) is 4.98 Å². The minimum absolute atomic E-state index is 0.471. The molecule has 0 saturated heterocycles. The molecule has 0 bridgehead atoms. The number of nitrogen functional groups attached to an aromatic ring is 1. The molecule has 4 N–H and O–H groups in total. The summed E-state index contributed by atoms with van der Waals surface area (Å²) >= 11 is 0. The number of rotatable bonds is 3. The molecule has 0 aliphatic carbocycles. The van der Waals surface area contributed by atoms with Crippen LogP contribution < -0.4 is 11.1 Å². The van der Waals surface area contributed by atoms with Crippen molar-refractivity contribution in [1.29, 1.82) is 0 Å². The Kier molecular flexibility index (Phi) is 3.39. The summed E-state index contributed by atoms with van der Waals surface area (Å²) in [6.07, 6.45) is 1.84. The van der Waals surface area contributed by atoms with Crippen molar-refractivity contribution in [3.05, 3.63) is 66.4 Å². The third kappa shape index (κ3) is 2.36. The van der Waals surface area contributed by atoms with E-state index in [0.717, 1.165) is 33.3 Å². The van der Waals surface area contributed by atoms with Gasteiger partial charge in [0.1, 0.15) is 5.52 Å². The zero-order valence-corrected chi connectivity index (χ0v) is 13.2. The molecule has 0 spiro atoms. The number of anilines is 3. The number of pyridine rings is 1. The zero-order valence-electron chi connectivity index (χ0n) is 13.2. The van der Waals surface area contributed by atoms with E-state index in [9.17, 15) is 0 Å². The molecule has 0 aliphatic heterocycles. The minimum Gasteiger partial charge on any atom is -0.382 e. The van der Waals surface area contributed by atoms with E-state index in [0.29, 0.717) is 11.6 Å². The number of hydrogen-bond donors (Lipinski definition) is 3. The maximum absolute atomic E-state index is 6.11. The van der Waals surface area contributed by atoms with Gasteiger partial charge < -0.3 is 11.1 Å². The standard InChI is InChI=1S/C19H17N5/c1-12-7-5-6-10-15(12)22-19-17-16(18(20)24-23-17)14(11-21-19)13-8-3-2-4-9-13/h2-11H,1H3,(H,21,22)(H3,20,23,24). The third-order valence-corrected chi connectivity index (χ3v) is 4.11. The van der Waals surface area contributed by atoms with Gasteiger partial charge in [0, 0.05) is 17.4 Å². The second kappa shape index (κ2) is 5.70. The Morgan fingerprint density at radius 1 is 1.00 bits per heavy atom. The quantitative estimate of drug-likeness (QED) is 0.528. The minimum atomic E-state index is 0.471. The molecule has 5 nitrogen and oxygen atoms in total. The van der Waals surface area contributed by atoms with E-state index in [1.54, 1.807) is 0 Å². The van der Waals surface area contributed by atoms with Crippen molar-refractivity contribution in [3.8, 4) is 11.1 Å². The summed E-state index contributed by atoms with van der Waals surface area (Å²) in [4.78, 5) is 4.60. The third-order valence-electron chi connectivity index (χ3n) is 4.11. The van der Waals surface area contributed by atoms with Crippen LogP contribution in [0.3, 0.4) is 0 Å². The number of hydrogen-bond acceptors (Lipinski definition) is 4. The van der Waals surface area contributed by atoms with Gasteiger partial charge in [0.2, 0.25) is 0 Å². The molecular formula is C19H17N5. The molecule has 2 aromatic heterocycles. The molecule has 0 saturated carbocycles. The van der Waals surface area contributed by atoms with Gasteiger partial charge in [0.15, 0.2) is 11.6 Å². The number of H-pyrrole nitrogens is 1. The van der Waals surface area contributed by atoms with Crippen LogP contribution in [0.2, 0.25) is 0 Å². The lowest BCUT2D eigenvalue weighted by atomic mass is 10.0. The summed E-state index contributed by atoms with van der Waals surface area (Å²) in [6.45, 7) is 2.05. The molecule has 0 fully saturated rings. The topological polar surface area (TPSA) is 79.6 Å². The van der Waals surface area contributed by atoms with Crippen LogP contribution in [0.1, 0.15) is 5.56 Å². The number of nitrogens with two attached hydrogens (primary N) is 1. The highest BCUT2D eigenvalue weighted by molar-refractivity contribution is 6.06. The van der Waals surface area contributed by atoms with E-state index in [1.807, 2.05) is 54.7 Å². The number of benzene rings is 2. The first-order chi connectivity index (χ1) is 11.7. The second-order valence-corrected chi connectivity index (χ2v) is 5.69. The Hall–Kier alpha value is -3.34. The Labute approximate surface area is 139 Å². The fraction of sp³-hybridized carbons (Fsp3) is 0.0526. The van der Waals surface area contributed by atoms with E-state index < -0.39 is 0 Å². The summed E-state index contributed by atoms with van der Waals surface area (Å²) in [5, 5.41) is 11.4. The van der Waals surface area contributed by atoms with Gasteiger partial charge in [-0.1, -0.05) is 48.5 Å². The molecular weight excluding hydrogens is 298 g/mol. The predicted molar refractivity (Wildman–Crippen MR) is 98.2 cm³/mol. The van der Waals surface area contributed by atoms with Crippen LogP contribution in [0.4, 0.5) is 17.3 Å². The van der Waals surface area contributed by atoms with Gasteiger partial charge in [0.05, 0.1) is 5.39 Å². The number of aromatic nitrogens is 3. The Morgan fingerprint density at radius 2 is 1.75 bits per heavy atom. The van der Waals surface area contributed by atoms with Crippen molar-refractivity contribution in [2.24, 2.45) is 0 Å². The van der Waals surface area contributed by atoms with Crippen molar-refractivity contribution >= 4 is 28.2 Å². The van der Waals surface area contributed by atoms with Crippen molar-refractivity contribution in [2.75, 3.05) is 11.1 Å². The zero-order chi connectivity index (χ0) is 16.5. The number of aryl methyl sites for hydroxylation is 1. The van der Waals surface area contributed by atoms with Crippen LogP contribution in [0.25, 0.3) is 22.0 Å². The van der Waals surface area contributed by atoms with Crippen LogP contribution in [0.15, 0.2) is 60.8 Å². The van der Waals surface area contributed by atoms with E-state index in [1.165, 1.54) is 0 Å². The number of aromatic amines is 1. The molecule has 2 heterocycles. The number of fused-ring (bicyclic) bond motifs is 1. The maximum Gasteiger partial charge on any atom is 0.156 e. The van der Waals surface area contributed by atoms with Crippen molar-refractivity contribution in [1.82, 2.24) is 15.2 Å². The first-order valence-corrected chi connectivity index (χ1v) is 7.74. The van der Waals surface area contributed by atoms with Gasteiger partial charge >= 0.3 is 0 Å². The Balaban J connectivity index is 1.87. The molecule has 5 heteroatoms. The van der Waals surface area contributed by atoms with E-state index in [2.05, 4.69) is 33.5 Å². The SMILES string of the molecule is Cc1ccccc1Nc1ncc(-c2ccccc2)c2c(N)n[nH]c12. The van der Waals surface area contributed by atoms with Crippen molar-refractivity contribution in [2.45, 2.75) is 6.92 Å². The van der Waals surface area contributed by atoms with Crippen LogP contribution in [-0.4, -0.2) is 15.2 Å². The fourth-order valence-corrected chi connectivity index (χ4v) is 2.83. The lowest BCUT2D eigenvalue weighted by Crippen LogP contribution is -1.97. The molecule has 0 atom stereocenters. The van der Waals surface area contributed by atoms with Crippen LogP contribution >= 0.6 is 0 Å². The summed E-state index contributed by atoms with van der Waals surface area (Å²) < 4.78 is 0. The molecule has 2 aromatic carbocycles. The second-order valence-electron chi connectivity index (χ2n) is 5.69. The van der Waals surface area contributed by atoms with E-state index in [-0.39, 0.29) is 0 Å². The normalized spacial score (nSPS) is 10.9. The van der Waals surface area contributed by atoms with Crippen LogP contribution in [0.5, 0.6) is 0 Å². The van der Waals surface area contributed by atoms with Gasteiger partial charge in [-0.15, -0.1) is 0 Å². The van der Waals surface area contributed by atoms with E-state index >= 15 is 0 Å². The summed E-state index contributed by atoms with van der Waals surface area (Å²) in [7, 11) is 0. The van der Waals surface area contributed by atoms with Crippen LogP contribution in [-0.2, 0) is 0 Å². The fourth-order valence-electron chi connectivity index (χ4n) is 2.83. The highest BCUT2D eigenvalue weighted by Gasteiger charge is 2.15. The first-order valence-electron chi connectivity index (χ1n) is 7.74. The summed E-state index contributed by atoms with van der Waals surface area (Å²) in [5.74, 6) is 1.18. The molecule has 0 aliphatic rings. The highest BCUT2D eigenvalue weighted by atomic mass is 15.2. The van der Waals surface area contributed by atoms with E-state index in [4.69, 9.17) is 5.73 Å². The predicted octanol–water partition coefficient (Wildman–Crippen LogP) is 4.26. The maximum atomic E-state index is 6.11.